The van der Waals surface area contributed by atoms with Gasteiger partial charge < -0.3 is 14.4 Å². The molecule has 1 atom stereocenters. The van der Waals surface area contributed by atoms with Gasteiger partial charge in [0.25, 0.3) is 0 Å². The number of ether oxygens (including phenoxy) is 2. The average Bonchev–Trinajstić information content (AvgIpc) is 3.23. The van der Waals surface area contributed by atoms with Crippen LogP contribution in [-0.4, -0.2) is 31.3 Å². The van der Waals surface area contributed by atoms with Crippen molar-refractivity contribution in [2.75, 3.05) is 25.1 Å². The Labute approximate surface area is 183 Å². The monoisotopic (exact) mass is 448 g/mol. The second-order valence-electron chi connectivity index (χ2n) is 7.24. The Morgan fingerprint density at radius 1 is 1.06 bits per heavy atom. The lowest BCUT2D eigenvalue weighted by atomic mass is 10.0. The van der Waals surface area contributed by atoms with E-state index in [0.717, 1.165) is 34.8 Å². The zero-order valence-corrected chi connectivity index (χ0v) is 17.5. The number of pyridine rings is 1. The molecule has 1 aromatic heterocycles. The molecule has 4 rings (SSSR count). The molecule has 31 heavy (non-hydrogen) atoms. The molecule has 0 bridgehead atoms. The summed E-state index contributed by atoms with van der Waals surface area (Å²) in [7, 11) is 1.63. The molecule has 162 valence electrons. The molecule has 1 aliphatic rings. The lowest BCUT2D eigenvalue weighted by Gasteiger charge is -2.22. The Hall–Kier alpha value is -2.93. The summed E-state index contributed by atoms with van der Waals surface area (Å²) < 4.78 is 49.8. The van der Waals surface area contributed by atoms with Gasteiger partial charge in [0, 0.05) is 19.2 Å². The number of aromatic nitrogens is 1. The third-order valence-electron chi connectivity index (χ3n) is 5.19. The van der Waals surface area contributed by atoms with Crippen molar-refractivity contribution in [3.63, 3.8) is 0 Å². The topological polar surface area (TPSA) is 34.6 Å². The van der Waals surface area contributed by atoms with Gasteiger partial charge in [-0.25, -0.2) is 4.98 Å². The van der Waals surface area contributed by atoms with E-state index in [1.54, 1.807) is 7.11 Å². The molecule has 1 fully saturated rings. The van der Waals surface area contributed by atoms with Crippen LogP contribution in [0.15, 0.2) is 60.8 Å². The zero-order valence-electron chi connectivity index (χ0n) is 16.7. The molecule has 2 heterocycles. The van der Waals surface area contributed by atoms with Crippen LogP contribution < -0.4 is 14.4 Å². The Morgan fingerprint density at radius 2 is 1.84 bits per heavy atom. The Bertz CT molecular complexity index is 1060. The molecule has 0 spiro atoms. The highest BCUT2D eigenvalue weighted by Gasteiger charge is 2.32. The van der Waals surface area contributed by atoms with Crippen LogP contribution in [0.25, 0.3) is 11.1 Å². The lowest BCUT2D eigenvalue weighted by Crippen LogP contribution is -2.25. The van der Waals surface area contributed by atoms with Gasteiger partial charge in [-0.05, 0) is 29.3 Å². The summed E-state index contributed by atoms with van der Waals surface area (Å²) in [4.78, 5) is 5.89. The number of anilines is 1. The van der Waals surface area contributed by atoms with Gasteiger partial charge in [0.05, 0.1) is 24.9 Å². The number of rotatable bonds is 5. The smallest absolute Gasteiger partial charge is 0.417 e. The normalized spacial score (nSPS) is 16.4. The van der Waals surface area contributed by atoms with E-state index < -0.39 is 11.7 Å². The highest BCUT2D eigenvalue weighted by molar-refractivity contribution is 6.31. The van der Waals surface area contributed by atoms with Crippen molar-refractivity contribution in [3.8, 4) is 22.8 Å². The Kier molecular flexibility index (Phi) is 5.96. The maximum absolute atomic E-state index is 12.8. The van der Waals surface area contributed by atoms with Crippen molar-refractivity contribution in [2.45, 2.75) is 18.7 Å². The summed E-state index contributed by atoms with van der Waals surface area (Å²) >= 11 is 5.97. The van der Waals surface area contributed by atoms with Crippen LogP contribution in [-0.2, 0) is 6.18 Å². The molecule has 0 radical (unpaired) electrons. The fourth-order valence-corrected chi connectivity index (χ4v) is 3.83. The third kappa shape index (κ3) is 4.71. The molecule has 1 aliphatic heterocycles. The van der Waals surface area contributed by atoms with E-state index in [1.165, 1.54) is 0 Å². The van der Waals surface area contributed by atoms with E-state index in [-0.39, 0.29) is 17.0 Å². The van der Waals surface area contributed by atoms with E-state index in [1.807, 2.05) is 48.5 Å². The molecule has 3 aromatic rings. The van der Waals surface area contributed by atoms with E-state index in [0.29, 0.717) is 19.5 Å². The van der Waals surface area contributed by atoms with Crippen LogP contribution in [0.1, 0.15) is 12.0 Å². The van der Waals surface area contributed by atoms with Crippen molar-refractivity contribution in [1.82, 2.24) is 4.98 Å². The fourth-order valence-electron chi connectivity index (χ4n) is 3.62. The van der Waals surface area contributed by atoms with Gasteiger partial charge in [0.2, 0.25) is 5.88 Å². The van der Waals surface area contributed by atoms with E-state index >= 15 is 0 Å². The molecule has 2 aromatic carbocycles. The van der Waals surface area contributed by atoms with Crippen LogP contribution >= 0.6 is 11.6 Å². The number of alkyl halides is 3. The van der Waals surface area contributed by atoms with Crippen LogP contribution in [0, 0.1) is 0 Å². The van der Waals surface area contributed by atoms with Gasteiger partial charge in [-0.3, -0.25) is 0 Å². The van der Waals surface area contributed by atoms with E-state index in [9.17, 15) is 13.2 Å². The SMILES string of the molecule is COc1cc(-c2ccccc2)ccc1N1CCC(Oc2ncc(C(F)(F)F)cc2Cl)C1. The van der Waals surface area contributed by atoms with Crippen molar-refractivity contribution >= 4 is 17.3 Å². The maximum atomic E-state index is 12.8. The van der Waals surface area contributed by atoms with E-state index in [2.05, 4.69) is 9.88 Å². The molecule has 0 N–H and O–H groups in total. The number of halogens is 4. The molecule has 1 unspecified atom stereocenters. The highest BCUT2D eigenvalue weighted by Crippen LogP contribution is 2.37. The molecule has 4 nitrogen and oxygen atoms in total. The van der Waals surface area contributed by atoms with Crippen molar-refractivity contribution in [3.05, 3.63) is 71.4 Å². The largest absolute Gasteiger partial charge is 0.495 e. The zero-order chi connectivity index (χ0) is 22.0. The number of nitrogens with zero attached hydrogens (tertiary/aromatic N) is 2. The summed E-state index contributed by atoms with van der Waals surface area (Å²) in [5.74, 6) is 0.751. The number of hydrogen-bond donors (Lipinski definition) is 0. The number of methoxy groups -OCH3 is 1. The third-order valence-corrected chi connectivity index (χ3v) is 5.46. The minimum atomic E-state index is -4.50. The highest BCUT2D eigenvalue weighted by atomic mass is 35.5. The first-order chi connectivity index (χ1) is 14.8. The average molecular weight is 449 g/mol. The van der Waals surface area contributed by atoms with Gasteiger partial charge in [0.15, 0.2) is 0 Å². The van der Waals surface area contributed by atoms with Gasteiger partial charge in [-0.15, -0.1) is 0 Å². The first-order valence-electron chi connectivity index (χ1n) is 9.73. The van der Waals surface area contributed by atoms with Gasteiger partial charge >= 0.3 is 6.18 Å². The first-order valence-corrected chi connectivity index (χ1v) is 10.1. The Balaban J connectivity index is 1.48. The van der Waals surface area contributed by atoms with Crippen LogP contribution in [0.3, 0.4) is 0 Å². The molecular weight excluding hydrogens is 429 g/mol. The number of hydrogen-bond acceptors (Lipinski definition) is 4. The van der Waals surface area contributed by atoms with Crippen molar-refractivity contribution < 1.29 is 22.6 Å². The second kappa shape index (κ2) is 8.67. The molecule has 0 amide bonds. The standard InChI is InChI=1S/C23H20ClF3N2O2/c1-30-21-11-16(15-5-3-2-4-6-15)7-8-20(21)29-10-9-18(14-29)31-22-19(24)12-17(13-28-22)23(25,26)27/h2-8,11-13,18H,9-10,14H2,1H3. The van der Waals surface area contributed by atoms with Gasteiger partial charge in [-0.2, -0.15) is 13.2 Å². The fraction of sp³-hybridized carbons (Fsp3) is 0.261. The van der Waals surface area contributed by atoms with Crippen molar-refractivity contribution in [2.24, 2.45) is 0 Å². The summed E-state index contributed by atoms with van der Waals surface area (Å²) in [5.41, 5.74) is 2.17. The van der Waals surface area contributed by atoms with Crippen LogP contribution in [0.2, 0.25) is 5.02 Å². The summed E-state index contributed by atoms with van der Waals surface area (Å²) in [6.45, 7) is 1.25. The van der Waals surface area contributed by atoms with Crippen LogP contribution in [0.4, 0.5) is 18.9 Å². The number of benzene rings is 2. The van der Waals surface area contributed by atoms with Crippen molar-refractivity contribution in [1.29, 1.82) is 0 Å². The van der Waals surface area contributed by atoms with Gasteiger partial charge in [-0.1, -0.05) is 48.0 Å². The van der Waals surface area contributed by atoms with E-state index in [4.69, 9.17) is 21.1 Å². The molecule has 1 saturated heterocycles. The lowest BCUT2D eigenvalue weighted by molar-refractivity contribution is -0.137. The molecule has 0 aliphatic carbocycles. The summed E-state index contributed by atoms with van der Waals surface area (Å²) in [5, 5.41) is -0.155. The maximum Gasteiger partial charge on any atom is 0.417 e. The van der Waals surface area contributed by atoms with Gasteiger partial charge in [0.1, 0.15) is 16.9 Å². The molecular formula is C23H20ClF3N2O2. The summed E-state index contributed by atoms with van der Waals surface area (Å²) in [6.07, 6.45) is -3.33. The predicted octanol–water partition coefficient (Wildman–Crippen LogP) is 6.09. The predicted molar refractivity (Wildman–Crippen MR) is 114 cm³/mol. The first kappa shape index (κ1) is 21.3. The molecule has 8 heteroatoms. The quantitative estimate of drug-likeness (QED) is 0.473. The minimum absolute atomic E-state index is 0.00732. The van der Waals surface area contributed by atoms with Crippen LogP contribution in [0.5, 0.6) is 11.6 Å². The molecule has 0 saturated carbocycles. The summed E-state index contributed by atoms with van der Waals surface area (Å²) in [6, 6.07) is 16.9. The second-order valence-corrected chi connectivity index (χ2v) is 7.64. The Morgan fingerprint density at radius 3 is 2.52 bits per heavy atom. The minimum Gasteiger partial charge on any atom is -0.495 e.